The van der Waals surface area contributed by atoms with Crippen LogP contribution in [0.15, 0.2) is 60.7 Å². The summed E-state index contributed by atoms with van der Waals surface area (Å²) in [4.78, 5) is 0. The Hall–Kier alpha value is -0.770. The van der Waals surface area contributed by atoms with Crippen molar-refractivity contribution in [2.75, 3.05) is 0 Å². The molecule has 2 aromatic rings. The fraction of sp³-hybridized carbons (Fsp3) is 0.0769. The standard InChI is InChI=1S/C13H12Te/c14-13(11-7-3-1-4-8-11)12-9-5-2-6-10-12/h1-10,13-14H. The summed E-state index contributed by atoms with van der Waals surface area (Å²) >= 11 is 1.85. The summed E-state index contributed by atoms with van der Waals surface area (Å²) in [6, 6.07) is 21.3. The molecule has 0 saturated carbocycles. The van der Waals surface area contributed by atoms with Crippen molar-refractivity contribution in [3.63, 3.8) is 0 Å². The minimum absolute atomic E-state index is 0.534. The van der Waals surface area contributed by atoms with E-state index in [9.17, 15) is 0 Å². The normalized spacial score (nSPS) is 10.4. The summed E-state index contributed by atoms with van der Waals surface area (Å²) in [6.07, 6.45) is 0. The van der Waals surface area contributed by atoms with Crippen LogP contribution in [0, 0.1) is 0 Å². The molecule has 0 unspecified atom stereocenters. The Morgan fingerprint density at radius 2 is 1.00 bits per heavy atom. The van der Waals surface area contributed by atoms with E-state index in [0.717, 1.165) is 0 Å². The average molecular weight is 296 g/mol. The van der Waals surface area contributed by atoms with Crippen molar-refractivity contribution in [1.82, 2.24) is 0 Å². The van der Waals surface area contributed by atoms with Gasteiger partial charge in [0.15, 0.2) is 0 Å². The van der Waals surface area contributed by atoms with Gasteiger partial charge in [0.2, 0.25) is 0 Å². The minimum atomic E-state index is 0.534. The van der Waals surface area contributed by atoms with Gasteiger partial charge in [0.1, 0.15) is 0 Å². The molecule has 0 aliphatic heterocycles. The summed E-state index contributed by atoms with van der Waals surface area (Å²) in [5.41, 5.74) is 2.79. The predicted octanol–water partition coefficient (Wildman–Crippen LogP) is 2.68. The van der Waals surface area contributed by atoms with Crippen LogP contribution in [-0.2, 0) is 0 Å². The van der Waals surface area contributed by atoms with Crippen LogP contribution >= 0.6 is 0 Å². The first-order valence-electron chi connectivity index (χ1n) is 4.66. The van der Waals surface area contributed by atoms with Crippen molar-refractivity contribution in [2.45, 2.75) is 3.97 Å². The zero-order valence-corrected chi connectivity index (χ0v) is 10.4. The zero-order valence-electron chi connectivity index (χ0n) is 7.80. The molecule has 2 rings (SSSR count). The molecule has 0 aromatic heterocycles. The van der Waals surface area contributed by atoms with E-state index in [1.54, 1.807) is 0 Å². The molecule has 0 aliphatic rings. The Morgan fingerprint density at radius 1 is 0.643 bits per heavy atom. The van der Waals surface area contributed by atoms with Crippen molar-refractivity contribution in [3.05, 3.63) is 71.8 Å². The SMILES string of the molecule is [TeH]C(c1ccccc1)c1ccccc1. The third-order valence-electron chi connectivity index (χ3n) is 2.23. The molecule has 0 saturated heterocycles. The molecule has 0 radical (unpaired) electrons. The average Bonchev–Trinajstić information content (AvgIpc) is 2.30. The Balaban J connectivity index is 2.30. The van der Waals surface area contributed by atoms with E-state index in [0.29, 0.717) is 3.97 Å². The molecule has 70 valence electrons. The van der Waals surface area contributed by atoms with Crippen molar-refractivity contribution in [1.29, 1.82) is 0 Å². The van der Waals surface area contributed by atoms with Gasteiger partial charge in [-0.1, -0.05) is 0 Å². The first-order chi connectivity index (χ1) is 6.88. The van der Waals surface area contributed by atoms with Gasteiger partial charge in [0, 0.05) is 0 Å². The first kappa shape index (κ1) is 9.77. The van der Waals surface area contributed by atoms with Crippen LogP contribution in [-0.4, -0.2) is 22.3 Å². The molecule has 0 spiro atoms. The summed E-state index contributed by atoms with van der Waals surface area (Å²) in [5.74, 6) is 0. The quantitative estimate of drug-likeness (QED) is 0.747. The number of hydrogen-bond donors (Lipinski definition) is 0. The van der Waals surface area contributed by atoms with E-state index in [-0.39, 0.29) is 0 Å². The third-order valence-corrected chi connectivity index (χ3v) is 3.93. The van der Waals surface area contributed by atoms with E-state index in [2.05, 4.69) is 60.7 Å². The Bertz CT molecular complexity index is 341. The van der Waals surface area contributed by atoms with E-state index >= 15 is 0 Å². The summed E-state index contributed by atoms with van der Waals surface area (Å²) in [6.45, 7) is 0. The van der Waals surface area contributed by atoms with Crippen LogP contribution in [0.4, 0.5) is 0 Å². The number of hydrogen-bond acceptors (Lipinski definition) is 0. The van der Waals surface area contributed by atoms with Crippen LogP contribution in [0.3, 0.4) is 0 Å². The second kappa shape index (κ2) is 4.64. The van der Waals surface area contributed by atoms with Crippen molar-refractivity contribution in [3.8, 4) is 0 Å². The molecule has 0 aliphatic carbocycles. The van der Waals surface area contributed by atoms with Crippen molar-refractivity contribution < 1.29 is 0 Å². The van der Waals surface area contributed by atoms with Crippen LogP contribution in [0.2, 0.25) is 0 Å². The number of rotatable bonds is 2. The van der Waals surface area contributed by atoms with Gasteiger partial charge < -0.3 is 0 Å². The zero-order chi connectivity index (χ0) is 9.80. The van der Waals surface area contributed by atoms with Gasteiger partial charge in [-0.15, -0.1) is 0 Å². The van der Waals surface area contributed by atoms with Gasteiger partial charge in [-0.05, 0) is 0 Å². The van der Waals surface area contributed by atoms with Crippen molar-refractivity contribution in [2.24, 2.45) is 0 Å². The predicted molar refractivity (Wildman–Crippen MR) is 61.9 cm³/mol. The summed E-state index contributed by atoms with van der Waals surface area (Å²) in [5, 5.41) is 0. The van der Waals surface area contributed by atoms with Gasteiger partial charge in [-0.25, -0.2) is 0 Å². The molecule has 0 bridgehead atoms. The van der Waals surface area contributed by atoms with Gasteiger partial charge in [0.25, 0.3) is 0 Å². The molecule has 0 N–H and O–H groups in total. The Morgan fingerprint density at radius 3 is 1.36 bits per heavy atom. The second-order valence-electron chi connectivity index (χ2n) is 3.22. The van der Waals surface area contributed by atoms with Gasteiger partial charge >= 0.3 is 98.1 Å². The van der Waals surface area contributed by atoms with Gasteiger partial charge in [0.05, 0.1) is 0 Å². The maximum atomic E-state index is 2.19. The Labute approximate surface area is 97.9 Å². The van der Waals surface area contributed by atoms with E-state index in [1.807, 2.05) is 22.3 Å². The van der Waals surface area contributed by atoms with E-state index < -0.39 is 0 Å². The molecule has 2 aromatic carbocycles. The van der Waals surface area contributed by atoms with Crippen LogP contribution in [0.25, 0.3) is 0 Å². The van der Waals surface area contributed by atoms with Gasteiger partial charge in [-0.2, -0.15) is 0 Å². The molecule has 1 heteroatoms. The first-order valence-corrected chi connectivity index (χ1v) is 6.13. The van der Waals surface area contributed by atoms with Crippen molar-refractivity contribution >= 4 is 22.3 Å². The topological polar surface area (TPSA) is 0 Å². The third kappa shape index (κ3) is 2.18. The van der Waals surface area contributed by atoms with Crippen LogP contribution < -0.4 is 0 Å². The van der Waals surface area contributed by atoms with Crippen LogP contribution in [0.1, 0.15) is 15.1 Å². The summed E-state index contributed by atoms with van der Waals surface area (Å²) in [7, 11) is 0. The Kier molecular flexibility index (Phi) is 3.24. The molecule has 0 heterocycles. The molecular formula is C13H12Te. The molecule has 0 atom stereocenters. The monoisotopic (exact) mass is 298 g/mol. The van der Waals surface area contributed by atoms with Crippen LogP contribution in [0.5, 0.6) is 0 Å². The fourth-order valence-corrected chi connectivity index (χ4v) is 2.45. The molecule has 0 fully saturated rings. The number of benzene rings is 2. The molecule has 0 amide bonds. The molecule has 14 heavy (non-hydrogen) atoms. The molecular weight excluding hydrogens is 284 g/mol. The second-order valence-corrected chi connectivity index (χ2v) is 4.70. The van der Waals surface area contributed by atoms with Gasteiger partial charge in [-0.3, -0.25) is 0 Å². The van der Waals surface area contributed by atoms with E-state index in [1.165, 1.54) is 11.1 Å². The maximum absolute atomic E-state index is 2.19. The van der Waals surface area contributed by atoms with E-state index in [4.69, 9.17) is 0 Å². The summed E-state index contributed by atoms with van der Waals surface area (Å²) < 4.78 is 0.534. The fourth-order valence-electron chi connectivity index (χ4n) is 1.46. The molecule has 0 nitrogen and oxygen atoms in total.